The van der Waals surface area contributed by atoms with Gasteiger partial charge in [-0.3, -0.25) is 0 Å². The van der Waals surface area contributed by atoms with E-state index in [0.717, 1.165) is 22.6 Å². The van der Waals surface area contributed by atoms with Gasteiger partial charge in [0.15, 0.2) is 0 Å². The Kier molecular flexibility index (Phi) is 5.63. The van der Waals surface area contributed by atoms with E-state index in [0.29, 0.717) is 18.4 Å². The van der Waals surface area contributed by atoms with Crippen molar-refractivity contribution in [1.82, 2.24) is 0 Å². The average molecular weight is 382 g/mol. The number of esters is 1. The van der Waals surface area contributed by atoms with Gasteiger partial charge in [-0.05, 0) is 61.1 Å². The van der Waals surface area contributed by atoms with Gasteiger partial charge in [-0.15, -0.1) is 0 Å². The molecule has 1 aliphatic carbocycles. The van der Waals surface area contributed by atoms with Crippen LogP contribution in [-0.2, 0) is 14.9 Å². The summed E-state index contributed by atoms with van der Waals surface area (Å²) in [6.45, 7) is 1.96. The zero-order chi connectivity index (χ0) is 20.3. The molecule has 5 heteroatoms. The molecule has 0 bridgehead atoms. The summed E-state index contributed by atoms with van der Waals surface area (Å²) in [7, 11) is 4.58. The van der Waals surface area contributed by atoms with Crippen LogP contribution in [0.4, 0.5) is 0 Å². The van der Waals surface area contributed by atoms with Crippen molar-refractivity contribution in [3.8, 4) is 11.5 Å². The highest BCUT2D eigenvalue weighted by Crippen LogP contribution is 2.48. The Labute approximate surface area is 165 Å². The second-order valence-electron chi connectivity index (χ2n) is 7.26. The normalized spacial score (nSPS) is 21.9. The van der Waals surface area contributed by atoms with Crippen molar-refractivity contribution in [3.05, 3.63) is 71.0 Å². The quantitative estimate of drug-likeness (QED) is 0.770. The van der Waals surface area contributed by atoms with Gasteiger partial charge >= 0.3 is 5.97 Å². The molecule has 0 spiro atoms. The smallest absolute Gasteiger partial charge is 0.337 e. The maximum absolute atomic E-state index is 12.4. The Bertz CT molecular complexity index is 867. The summed E-state index contributed by atoms with van der Waals surface area (Å²) in [5.74, 6) is 1.17. The molecule has 1 aliphatic rings. The molecule has 0 radical (unpaired) electrons. The highest BCUT2D eigenvalue weighted by molar-refractivity contribution is 5.90. The lowest BCUT2D eigenvalue weighted by Crippen LogP contribution is -2.34. The second-order valence-corrected chi connectivity index (χ2v) is 7.26. The van der Waals surface area contributed by atoms with Gasteiger partial charge in [0.2, 0.25) is 0 Å². The minimum Gasteiger partial charge on any atom is -0.511 e. The second kappa shape index (κ2) is 7.97. The number of aliphatic hydroxyl groups is 1. The van der Waals surface area contributed by atoms with Crippen LogP contribution in [0.5, 0.6) is 11.5 Å². The van der Waals surface area contributed by atoms with Gasteiger partial charge in [-0.1, -0.05) is 24.3 Å². The molecular weight excluding hydrogens is 356 g/mol. The predicted molar refractivity (Wildman–Crippen MR) is 107 cm³/mol. The summed E-state index contributed by atoms with van der Waals surface area (Å²) in [5.41, 5.74) is 1.63. The van der Waals surface area contributed by atoms with Crippen LogP contribution in [0.2, 0.25) is 0 Å². The van der Waals surface area contributed by atoms with Crippen LogP contribution in [0.25, 0.3) is 0 Å². The Balaban J connectivity index is 2.06. The molecule has 0 aliphatic heterocycles. The zero-order valence-corrected chi connectivity index (χ0v) is 16.7. The number of methoxy groups -OCH3 is 3. The van der Waals surface area contributed by atoms with Crippen molar-refractivity contribution in [2.45, 2.75) is 31.1 Å². The maximum atomic E-state index is 12.4. The van der Waals surface area contributed by atoms with Crippen molar-refractivity contribution in [1.29, 1.82) is 0 Å². The fourth-order valence-electron chi connectivity index (χ4n) is 3.97. The molecule has 5 nitrogen and oxygen atoms in total. The van der Waals surface area contributed by atoms with Crippen molar-refractivity contribution in [3.63, 3.8) is 0 Å². The SMILES string of the molecule is COC(=O)C1=C(O)[C@@](C)(c2ccc(OC)cc2)C[C@H](c2ccc(OC)cc2)C1. The number of ether oxygens (including phenoxy) is 3. The Morgan fingerprint density at radius 1 is 0.964 bits per heavy atom. The number of carbonyl (C=O) groups is 1. The van der Waals surface area contributed by atoms with Crippen LogP contribution in [-0.4, -0.2) is 32.4 Å². The first-order valence-electron chi connectivity index (χ1n) is 9.22. The maximum Gasteiger partial charge on any atom is 0.337 e. The van der Waals surface area contributed by atoms with Gasteiger partial charge in [0, 0.05) is 0 Å². The molecule has 0 fully saturated rings. The van der Waals surface area contributed by atoms with Crippen molar-refractivity contribution in [2.24, 2.45) is 0 Å². The lowest BCUT2D eigenvalue weighted by Gasteiger charge is -2.39. The van der Waals surface area contributed by atoms with Gasteiger partial charge in [0.05, 0.1) is 32.3 Å². The van der Waals surface area contributed by atoms with Gasteiger partial charge in [0.25, 0.3) is 0 Å². The third-order valence-corrected chi connectivity index (χ3v) is 5.66. The predicted octanol–water partition coefficient (Wildman–Crippen LogP) is 4.52. The number of rotatable bonds is 5. The summed E-state index contributed by atoms with van der Waals surface area (Å²) in [6.07, 6.45) is 1.09. The first-order valence-corrected chi connectivity index (χ1v) is 9.22. The van der Waals surface area contributed by atoms with Crippen LogP contribution in [0.15, 0.2) is 59.9 Å². The number of benzene rings is 2. The molecule has 2 aromatic carbocycles. The third-order valence-electron chi connectivity index (χ3n) is 5.66. The van der Waals surface area contributed by atoms with E-state index in [9.17, 15) is 9.90 Å². The number of hydrogen-bond donors (Lipinski definition) is 1. The number of hydrogen-bond acceptors (Lipinski definition) is 5. The fraction of sp³-hybridized carbons (Fsp3) is 0.348. The molecule has 2 aromatic rings. The van der Waals surface area contributed by atoms with E-state index in [-0.39, 0.29) is 11.7 Å². The molecule has 3 rings (SSSR count). The lowest BCUT2D eigenvalue weighted by molar-refractivity contribution is -0.136. The monoisotopic (exact) mass is 382 g/mol. The van der Waals surface area contributed by atoms with Gasteiger partial charge in [0.1, 0.15) is 17.3 Å². The van der Waals surface area contributed by atoms with E-state index in [1.54, 1.807) is 14.2 Å². The number of carbonyl (C=O) groups excluding carboxylic acids is 1. The molecule has 0 heterocycles. The molecule has 1 N–H and O–H groups in total. The number of allylic oxidation sites excluding steroid dienone is 1. The van der Waals surface area contributed by atoms with Crippen molar-refractivity contribution >= 4 is 5.97 Å². The van der Waals surface area contributed by atoms with Crippen molar-refractivity contribution in [2.75, 3.05) is 21.3 Å². The molecule has 0 aromatic heterocycles. The Hall–Kier alpha value is -2.95. The summed E-state index contributed by atoms with van der Waals surface area (Å²) in [5, 5.41) is 11.0. The van der Waals surface area contributed by atoms with Crippen molar-refractivity contribution < 1.29 is 24.1 Å². The van der Waals surface area contributed by atoms with E-state index < -0.39 is 11.4 Å². The van der Waals surface area contributed by atoms with Gasteiger partial charge < -0.3 is 19.3 Å². The molecule has 148 valence electrons. The van der Waals surface area contributed by atoms with E-state index in [4.69, 9.17) is 14.2 Å². The molecule has 2 atom stereocenters. The van der Waals surface area contributed by atoms with E-state index >= 15 is 0 Å². The van der Waals surface area contributed by atoms with E-state index in [2.05, 4.69) is 0 Å². The minimum absolute atomic E-state index is 0.0583. The van der Waals surface area contributed by atoms with Gasteiger partial charge in [-0.2, -0.15) is 0 Å². The molecule has 0 unspecified atom stereocenters. The summed E-state index contributed by atoms with van der Waals surface area (Å²) in [6, 6.07) is 15.4. The Morgan fingerprint density at radius 3 is 2.00 bits per heavy atom. The van der Waals surface area contributed by atoms with Crippen LogP contribution in [0.1, 0.15) is 36.8 Å². The van der Waals surface area contributed by atoms with Gasteiger partial charge in [-0.25, -0.2) is 4.79 Å². The van der Waals surface area contributed by atoms with E-state index in [1.165, 1.54) is 7.11 Å². The zero-order valence-electron chi connectivity index (χ0n) is 16.7. The third kappa shape index (κ3) is 3.57. The first kappa shape index (κ1) is 19.8. The topological polar surface area (TPSA) is 65.0 Å². The summed E-state index contributed by atoms with van der Waals surface area (Å²) >= 11 is 0. The highest BCUT2D eigenvalue weighted by atomic mass is 16.5. The Morgan fingerprint density at radius 2 is 1.50 bits per heavy atom. The fourth-order valence-corrected chi connectivity index (χ4v) is 3.97. The first-order chi connectivity index (χ1) is 13.4. The van der Waals surface area contributed by atoms with E-state index in [1.807, 2.05) is 55.5 Å². The minimum atomic E-state index is -0.710. The average Bonchev–Trinajstić information content (AvgIpc) is 2.75. The highest BCUT2D eigenvalue weighted by Gasteiger charge is 2.43. The van der Waals surface area contributed by atoms with Crippen LogP contribution in [0.3, 0.4) is 0 Å². The molecule has 0 amide bonds. The van der Waals surface area contributed by atoms with Crippen LogP contribution >= 0.6 is 0 Å². The largest absolute Gasteiger partial charge is 0.511 e. The van der Waals surface area contributed by atoms with Crippen LogP contribution < -0.4 is 9.47 Å². The molecular formula is C23H26O5. The van der Waals surface area contributed by atoms with Crippen LogP contribution in [0, 0.1) is 0 Å². The molecule has 0 saturated carbocycles. The summed E-state index contributed by atoms with van der Waals surface area (Å²) < 4.78 is 15.4. The molecule has 28 heavy (non-hydrogen) atoms. The molecule has 0 saturated heterocycles. The standard InChI is InChI=1S/C23H26O5/c1-23(17-7-11-19(27-3)12-8-17)14-16(13-20(21(23)24)22(25)28-4)15-5-9-18(26-2)10-6-15/h5-12,16,24H,13-14H2,1-4H3/t16-,23-/m1/s1. The lowest BCUT2D eigenvalue weighted by atomic mass is 9.66. The summed E-state index contributed by atoms with van der Waals surface area (Å²) in [4.78, 5) is 12.4. The number of aliphatic hydroxyl groups excluding tert-OH is 1.